The molecule has 2 nitrogen and oxygen atoms in total. The molecule has 0 bridgehead atoms. The van der Waals surface area contributed by atoms with E-state index < -0.39 is 0 Å². The predicted molar refractivity (Wildman–Crippen MR) is 95.6 cm³/mol. The summed E-state index contributed by atoms with van der Waals surface area (Å²) in [5.41, 5.74) is 4.28. The zero-order chi connectivity index (χ0) is 16.8. The molecule has 0 aliphatic heterocycles. The van der Waals surface area contributed by atoms with Gasteiger partial charge in [-0.2, -0.15) is 0 Å². The summed E-state index contributed by atoms with van der Waals surface area (Å²) in [5.74, 6) is 5.98. The van der Waals surface area contributed by atoms with Crippen molar-refractivity contribution in [3.8, 4) is 23.0 Å². The Morgan fingerprint density at radius 1 is 0.833 bits per heavy atom. The molecule has 0 spiro atoms. The predicted octanol–water partition coefficient (Wildman–Crippen LogP) is 4.54. The minimum Gasteiger partial charge on any atom is -0.465 e. The third-order valence-electron chi connectivity index (χ3n) is 3.64. The first-order chi connectivity index (χ1) is 11.8. The third kappa shape index (κ3) is 3.53. The van der Waals surface area contributed by atoms with Crippen molar-refractivity contribution >= 4 is 5.97 Å². The number of carbonyl (C=O) groups is 1. The van der Waals surface area contributed by atoms with E-state index >= 15 is 0 Å². The zero-order valence-corrected chi connectivity index (χ0v) is 13.3. The van der Waals surface area contributed by atoms with Gasteiger partial charge < -0.3 is 4.74 Å². The van der Waals surface area contributed by atoms with Crippen molar-refractivity contribution < 1.29 is 9.53 Å². The SMILES string of the molecule is COC(=O)c1ccc(-c2ccccc2)c(C#Cc2ccccc2)c1. The number of methoxy groups -OCH3 is 1. The van der Waals surface area contributed by atoms with E-state index in [1.807, 2.05) is 66.7 Å². The van der Waals surface area contributed by atoms with Crippen molar-refractivity contribution in [1.29, 1.82) is 0 Å². The van der Waals surface area contributed by atoms with E-state index in [9.17, 15) is 4.79 Å². The van der Waals surface area contributed by atoms with Gasteiger partial charge in [-0.1, -0.05) is 66.4 Å². The van der Waals surface area contributed by atoms with Crippen LogP contribution in [0.3, 0.4) is 0 Å². The van der Waals surface area contributed by atoms with Crippen LogP contribution in [0.1, 0.15) is 21.5 Å². The Morgan fingerprint density at radius 2 is 1.50 bits per heavy atom. The van der Waals surface area contributed by atoms with Gasteiger partial charge >= 0.3 is 5.97 Å². The van der Waals surface area contributed by atoms with Crippen LogP contribution in [0, 0.1) is 11.8 Å². The van der Waals surface area contributed by atoms with E-state index in [-0.39, 0.29) is 5.97 Å². The average molecular weight is 312 g/mol. The molecule has 2 heteroatoms. The van der Waals surface area contributed by atoms with Gasteiger partial charge in [0, 0.05) is 11.1 Å². The van der Waals surface area contributed by atoms with Gasteiger partial charge in [-0.3, -0.25) is 0 Å². The lowest BCUT2D eigenvalue weighted by atomic mass is 9.97. The van der Waals surface area contributed by atoms with Crippen LogP contribution in [0.4, 0.5) is 0 Å². The van der Waals surface area contributed by atoms with Gasteiger partial charge in [0.2, 0.25) is 0 Å². The number of carbonyl (C=O) groups excluding carboxylic acids is 1. The maximum absolute atomic E-state index is 11.8. The maximum atomic E-state index is 11.8. The minimum absolute atomic E-state index is 0.364. The smallest absolute Gasteiger partial charge is 0.337 e. The molecule has 0 amide bonds. The Morgan fingerprint density at radius 3 is 2.17 bits per heavy atom. The minimum atomic E-state index is -0.364. The molecule has 0 fully saturated rings. The van der Waals surface area contributed by atoms with Gasteiger partial charge in [0.1, 0.15) is 0 Å². The largest absolute Gasteiger partial charge is 0.465 e. The van der Waals surface area contributed by atoms with E-state index in [1.54, 1.807) is 12.1 Å². The van der Waals surface area contributed by atoms with E-state index in [0.717, 1.165) is 22.3 Å². The summed E-state index contributed by atoms with van der Waals surface area (Å²) in [6.07, 6.45) is 0. The van der Waals surface area contributed by atoms with Crippen LogP contribution < -0.4 is 0 Å². The summed E-state index contributed by atoms with van der Waals surface area (Å²) in [4.78, 5) is 11.8. The number of benzene rings is 3. The molecule has 0 heterocycles. The van der Waals surface area contributed by atoms with E-state index in [1.165, 1.54) is 7.11 Å². The second kappa shape index (κ2) is 7.30. The lowest BCUT2D eigenvalue weighted by Gasteiger charge is -2.07. The molecule has 3 aromatic rings. The van der Waals surface area contributed by atoms with Gasteiger partial charge in [0.05, 0.1) is 12.7 Å². The summed E-state index contributed by atoms with van der Waals surface area (Å²) < 4.78 is 4.81. The van der Waals surface area contributed by atoms with E-state index in [2.05, 4.69) is 11.8 Å². The zero-order valence-electron chi connectivity index (χ0n) is 13.3. The highest BCUT2D eigenvalue weighted by atomic mass is 16.5. The van der Waals surface area contributed by atoms with Crippen LogP contribution in [0.15, 0.2) is 78.9 Å². The first-order valence-electron chi connectivity index (χ1n) is 7.63. The Balaban J connectivity index is 2.10. The van der Waals surface area contributed by atoms with E-state index in [0.29, 0.717) is 5.56 Å². The van der Waals surface area contributed by atoms with Crippen LogP contribution in [-0.2, 0) is 4.74 Å². The second-order valence-electron chi connectivity index (χ2n) is 5.23. The van der Waals surface area contributed by atoms with Gasteiger partial charge in [-0.25, -0.2) is 4.79 Å². The third-order valence-corrected chi connectivity index (χ3v) is 3.64. The lowest BCUT2D eigenvalue weighted by Crippen LogP contribution is -2.02. The summed E-state index contributed by atoms with van der Waals surface area (Å²) in [6.45, 7) is 0. The normalized spacial score (nSPS) is 9.71. The highest BCUT2D eigenvalue weighted by Gasteiger charge is 2.10. The molecular weight excluding hydrogens is 296 g/mol. The number of hydrogen-bond donors (Lipinski definition) is 0. The van der Waals surface area contributed by atoms with Crippen molar-refractivity contribution in [2.75, 3.05) is 7.11 Å². The molecule has 3 rings (SSSR count). The van der Waals surface area contributed by atoms with Crippen molar-refractivity contribution in [2.24, 2.45) is 0 Å². The molecule has 0 N–H and O–H groups in total. The summed E-state index contributed by atoms with van der Waals surface area (Å²) in [6, 6.07) is 25.2. The topological polar surface area (TPSA) is 26.3 Å². The summed E-state index contributed by atoms with van der Waals surface area (Å²) in [5, 5.41) is 0. The Hall–Kier alpha value is -3.31. The Bertz CT molecular complexity index is 901. The number of hydrogen-bond acceptors (Lipinski definition) is 2. The monoisotopic (exact) mass is 312 g/mol. The van der Waals surface area contributed by atoms with Crippen LogP contribution in [0.5, 0.6) is 0 Å². The highest BCUT2D eigenvalue weighted by Crippen LogP contribution is 2.24. The van der Waals surface area contributed by atoms with Gasteiger partial charge in [0.25, 0.3) is 0 Å². The standard InChI is InChI=1S/C22H16O2/c1-24-22(23)20-14-15-21(18-10-6-3-7-11-18)19(16-20)13-12-17-8-4-2-5-9-17/h2-11,14-16H,1H3. The molecule has 0 atom stereocenters. The quantitative estimate of drug-likeness (QED) is 0.513. The molecule has 0 aliphatic carbocycles. The summed E-state index contributed by atoms with van der Waals surface area (Å²) in [7, 11) is 1.38. The van der Waals surface area contributed by atoms with Crippen molar-refractivity contribution in [2.45, 2.75) is 0 Å². The fourth-order valence-corrected chi connectivity index (χ4v) is 2.42. The van der Waals surface area contributed by atoms with Crippen LogP contribution >= 0.6 is 0 Å². The first-order valence-corrected chi connectivity index (χ1v) is 7.63. The molecule has 24 heavy (non-hydrogen) atoms. The lowest BCUT2D eigenvalue weighted by molar-refractivity contribution is 0.0600. The molecule has 0 saturated heterocycles. The van der Waals surface area contributed by atoms with Crippen molar-refractivity contribution in [3.05, 3.63) is 95.6 Å². The van der Waals surface area contributed by atoms with Crippen LogP contribution in [-0.4, -0.2) is 13.1 Å². The van der Waals surface area contributed by atoms with Gasteiger partial charge in [-0.15, -0.1) is 0 Å². The fraction of sp³-hybridized carbons (Fsp3) is 0.0455. The van der Waals surface area contributed by atoms with Crippen LogP contribution in [0.25, 0.3) is 11.1 Å². The number of ether oxygens (including phenoxy) is 1. The van der Waals surface area contributed by atoms with E-state index in [4.69, 9.17) is 4.74 Å². The molecule has 0 saturated carbocycles. The Labute approximate surface area is 141 Å². The molecule has 0 radical (unpaired) electrons. The fourth-order valence-electron chi connectivity index (χ4n) is 2.42. The number of esters is 1. The number of rotatable bonds is 2. The average Bonchev–Trinajstić information content (AvgIpc) is 2.67. The molecule has 0 aliphatic rings. The van der Waals surface area contributed by atoms with Crippen molar-refractivity contribution in [1.82, 2.24) is 0 Å². The molecule has 0 unspecified atom stereocenters. The van der Waals surface area contributed by atoms with Gasteiger partial charge in [-0.05, 0) is 35.4 Å². The summed E-state index contributed by atoms with van der Waals surface area (Å²) >= 11 is 0. The molecule has 3 aromatic carbocycles. The maximum Gasteiger partial charge on any atom is 0.337 e. The van der Waals surface area contributed by atoms with Gasteiger partial charge in [0.15, 0.2) is 0 Å². The first kappa shape index (κ1) is 15.6. The van der Waals surface area contributed by atoms with Crippen LogP contribution in [0.2, 0.25) is 0 Å². The second-order valence-corrected chi connectivity index (χ2v) is 5.23. The van der Waals surface area contributed by atoms with Crippen molar-refractivity contribution in [3.63, 3.8) is 0 Å². The highest BCUT2D eigenvalue weighted by molar-refractivity contribution is 5.91. The molecular formula is C22H16O2. The molecule has 0 aromatic heterocycles. The molecule has 116 valence electrons. The Kier molecular flexibility index (Phi) is 4.74.